The summed E-state index contributed by atoms with van der Waals surface area (Å²) in [6.45, 7) is 7.06. The molecule has 0 aromatic carbocycles. The lowest BCUT2D eigenvalue weighted by Crippen LogP contribution is -2.17. The number of hydrogen-bond donors (Lipinski definition) is 1. The average molecular weight is 228 g/mol. The van der Waals surface area contributed by atoms with Crippen LogP contribution in [0.15, 0.2) is 36.2 Å². The molecule has 3 nitrogen and oxygen atoms in total. The van der Waals surface area contributed by atoms with E-state index in [1.807, 2.05) is 0 Å². The van der Waals surface area contributed by atoms with E-state index in [-0.39, 0.29) is 17.8 Å². The number of ketones is 1. The molecule has 0 bridgehead atoms. The Kier molecular flexibility index (Phi) is 7.33. The highest BCUT2D eigenvalue weighted by Crippen LogP contribution is 2.06. The number of Topliss-reactive ketones (excluding diaryl/α,β-unsaturated/α-hetero) is 1. The highest BCUT2D eigenvalue weighted by atomic mass is 19.1. The van der Waals surface area contributed by atoms with Gasteiger partial charge in [0.1, 0.15) is 5.83 Å². The molecule has 0 aliphatic carbocycles. The maximum Gasteiger partial charge on any atom is 0.167 e. The molecule has 1 N–H and O–H groups in total. The van der Waals surface area contributed by atoms with Crippen LogP contribution in [0.5, 0.6) is 0 Å². The van der Waals surface area contributed by atoms with Crippen LogP contribution in [0.25, 0.3) is 0 Å². The summed E-state index contributed by atoms with van der Waals surface area (Å²) in [5.74, 6) is -0.819. The van der Waals surface area contributed by atoms with Crippen molar-refractivity contribution in [3.8, 4) is 0 Å². The third-order valence-corrected chi connectivity index (χ3v) is 1.80. The van der Waals surface area contributed by atoms with E-state index in [0.717, 1.165) is 6.08 Å². The lowest BCUT2D eigenvalue weighted by atomic mass is 10.1. The number of hydrogen-bond acceptors (Lipinski definition) is 3. The van der Waals surface area contributed by atoms with Gasteiger partial charge in [0.15, 0.2) is 12.1 Å². The van der Waals surface area contributed by atoms with Gasteiger partial charge in [-0.05, 0) is 26.0 Å². The quantitative estimate of drug-likeness (QED) is 0.413. The van der Waals surface area contributed by atoms with Crippen molar-refractivity contribution in [2.24, 2.45) is 0 Å². The second-order valence-electron chi connectivity index (χ2n) is 3.07. The highest BCUT2D eigenvalue weighted by molar-refractivity contribution is 5.97. The summed E-state index contributed by atoms with van der Waals surface area (Å²) in [6.07, 6.45) is 2.38. The second-order valence-corrected chi connectivity index (χ2v) is 3.07. The largest absolute Gasteiger partial charge is 0.368 e. The zero-order valence-corrected chi connectivity index (χ0v) is 9.57. The van der Waals surface area contributed by atoms with Crippen molar-refractivity contribution in [2.45, 2.75) is 26.6 Å². The maximum atomic E-state index is 12.7. The fourth-order valence-corrected chi connectivity index (χ4v) is 0.910. The Labute approximate surface area is 94.9 Å². The fraction of sp³-hybridized carbons (Fsp3) is 0.417. The first-order valence-electron chi connectivity index (χ1n) is 5.02. The van der Waals surface area contributed by atoms with Crippen molar-refractivity contribution < 1.29 is 19.0 Å². The molecule has 16 heavy (non-hydrogen) atoms. The zero-order valence-electron chi connectivity index (χ0n) is 9.57. The van der Waals surface area contributed by atoms with E-state index in [1.165, 1.54) is 12.2 Å². The van der Waals surface area contributed by atoms with Crippen LogP contribution in [0.4, 0.5) is 4.39 Å². The van der Waals surface area contributed by atoms with Crippen LogP contribution in [-0.2, 0) is 9.53 Å². The molecule has 0 aliphatic rings. The summed E-state index contributed by atoms with van der Waals surface area (Å²) in [4.78, 5) is 11.4. The van der Waals surface area contributed by atoms with Gasteiger partial charge >= 0.3 is 0 Å². The Morgan fingerprint density at radius 3 is 2.69 bits per heavy atom. The highest BCUT2D eigenvalue weighted by Gasteiger charge is 2.11. The van der Waals surface area contributed by atoms with E-state index in [2.05, 4.69) is 6.58 Å². The van der Waals surface area contributed by atoms with Crippen molar-refractivity contribution in [2.75, 3.05) is 6.61 Å². The smallest absolute Gasteiger partial charge is 0.167 e. The predicted molar refractivity (Wildman–Crippen MR) is 60.4 cm³/mol. The molecule has 0 aliphatic heterocycles. The van der Waals surface area contributed by atoms with Crippen LogP contribution in [-0.4, -0.2) is 23.8 Å². The summed E-state index contributed by atoms with van der Waals surface area (Å²) < 4.78 is 17.5. The number of halogens is 1. The molecule has 90 valence electrons. The van der Waals surface area contributed by atoms with Crippen molar-refractivity contribution in [1.29, 1.82) is 0 Å². The van der Waals surface area contributed by atoms with Gasteiger partial charge in [0.2, 0.25) is 0 Å². The minimum Gasteiger partial charge on any atom is -0.368 e. The van der Waals surface area contributed by atoms with Crippen molar-refractivity contribution in [3.05, 3.63) is 36.2 Å². The van der Waals surface area contributed by atoms with Crippen LogP contribution in [0.3, 0.4) is 0 Å². The molecule has 1 unspecified atom stereocenters. The Morgan fingerprint density at radius 2 is 2.19 bits per heavy atom. The summed E-state index contributed by atoms with van der Waals surface area (Å²) in [6, 6.07) is 0. The number of carbonyl (C=O) groups is 1. The number of aliphatic hydroxyl groups is 1. The van der Waals surface area contributed by atoms with Gasteiger partial charge in [0, 0.05) is 12.2 Å². The lowest BCUT2D eigenvalue weighted by molar-refractivity contribution is -0.131. The first kappa shape index (κ1) is 14.7. The number of allylic oxidation sites excluding steroid dienone is 5. The number of rotatable bonds is 7. The van der Waals surface area contributed by atoms with E-state index in [4.69, 9.17) is 4.74 Å². The Morgan fingerprint density at radius 1 is 1.56 bits per heavy atom. The molecular formula is C12H17FO3. The molecule has 1 atom stereocenters. The Hall–Kier alpha value is -1.26. The molecule has 0 aromatic rings. The lowest BCUT2D eigenvalue weighted by Gasteiger charge is -2.08. The number of aliphatic hydroxyl groups excluding tert-OH is 1. The Bertz CT molecular complexity index is 305. The minimum atomic E-state index is -1.13. The SMILES string of the molecule is C=C(C=CC(F)=CC)C(=O)CC(O)OCC. The monoisotopic (exact) mass is 228 g/mol. The van der Waals surface area contributed by atoms with Crippen molar-refractivity contribution in [3.63, 3.8) is 0 Å². The Balaban J connectivity index is 4.20. The molecule has 0 radical (unpaired) electrons. The van der Waals surface area contributed by atoms with E-state index in [9.17, 15) is 14.3 Å². The molecular weight excluding hydrogens is 211 g/mol. The summed E-state index contributed by atoms with van der Waals surface area (Å²) in [5, 5.41) is 9.20. The van der Waals surface area contributed by atoms with Gasteiger partial charge in [0.05, 0.1) is 6.42 Å². The van der Waals surface area contributed by atoms with Crippen LogP contribution < -0.4 is 0 Å². The molecule has 0 amide bonds. The van der Waals surface area contributed by atoms with Gasteiger partial charge in [-0.3, -0.25) is 4.79 Å². The molecule has 0 fully saturated rings. The van der Waals surface area contributed by atoms with E-state index in [1.54, 1.807) is 13.8 Å². The number of ether oxygens (including phenoxy) is 1. The third-order valence-electron chi connectivity index (χ3n) is 1.80. The topological polar surface area (TPSA) is 46.5 Å². The molecule has 0 heterocycles. The first-order chi connectivity index (χ1) is 7.51. The van der Waals surface area contributed by atoms with Gasteiger partial charge in [0.25, 0.3) is 0 Å². The predicted octanol–water partition coefficient (Wildman–Crippen LogP) is 2.29. The molecule has 0 saturated heterocycles. The molecule has 0 spiro atoms. The first-order valence-corrected chi connectivity index (χ1v) is 5.02. The molecule has 0 aromatic heterocycles. The van der Waals surface area contributed by atoms with Gasteiger partial charge in [-0.2, -0.15) is 0 Å². The van der Waals surface area contributed by atoms with Crippen molar-refractivity contribution >= 4 is 5.78 Å². The average Bonchev–Trinajstić information content (AvgIpc) is 2.25. The summed E-state index contributed by atoms with van der Waals surface area (Å²) in [5.41, 5.74) is 0.135. The van der Waals surface area contributed by atoms with Crippen LogP contribution in [0.2, 0.25) is 0 Å². The fourth-order valence-electron chi connectivity index (χ4n) is 0.910. The summed E-state index contributed by atoms with van der Waals surface area (Å²) >= 11 is 0. The summed E-state index contributed by atoms with van der Waals surface area (Å²) in [7, 11) is 0. The van der Waals surface area contributed by atoms with Gasteiger partial charge in [-0.1, -0.05) is 12.7 Å². The number of carbonyl (C=O) groups excluding carboxylic acids is 1. The van der Waals surface area contributed by atoms with Crippen molar-refractivity contribution in [1.82, 2.24) is 0 Å². The van der Waals surface area contributed by atoms with Gasteiger partial charge in [-0.25, -0.2) is 4.39 Å². The van der Waals surface area contributed by atoms with E-state index < -0.39 is 12.1 Å². The normalized spacial score (nSPS) is 14.1. The molecule has 4 heteroatoms. The zero-order chi connectivity index (χ0) is 12.6. The molecule has 0 rings (SSSR count). The third kappa shape index (κ3) is 6.27. The molecule has 0 saturated carbocycles. The second kappa shape index (κ2) is 7.96. The van der Waals surface area contributed by atoms with E-state index in [0.29, 0.717) is 6.61 Å². The van der Waals surface area contributed by atoms with Crippen LogP contribution in [0.1, 0.15) is 20.3 Å². The van der Waals surface area contributed by atoms with Crippen LogP contribution >= 0.6 is 0 Å². The maximum absolute atomic E-state index is 12.7. The van der Waals surface area contributed by atoms with E-state index >= 15 is 0 Å². The van der Waals surface area contributed by atoms with Gasteiger partial charge < -0.3 is 9.84 Å². The van der Waals surface area contributed by atoms with Gasteiger partial charge in [-0.15, -0.1) is 0 Å². The minimum absolute atomic E-state index is 0.135. The van der Waals surface area contributed by atoms with Crippen LogP contribution in [0, 0.1) is 0 Å². The standard InChI is InChI=1S/C12H17FO3/c1-4-10(13)7-6-9(3)11(14)8-12(15)16-5-2/h4,6-7,12,15H,3,5,8H2,1-2H3.